The second kappa shape index (κ2) is 12.3. The summed E-state index contributed by atoms with van der Waals surface area (Å²) in [5.74, 6) is -2.18. The first-order chi connectivity index (χ1) is 21.7. The van der Waals surface area contributed by atoms with Crippen molar-refractivity contribution in [3.05, 3.63) is 96.1 Å². The van der Waals surface area contributed by atoms with E-state index in [4.69, 9.17) is 9.47 Å². The number of rotatable bonds is 11. The first-order valence-electron chi connectivity index (χ1n) is 15.7. The molecule has 9 heteroatoms. The summed E-state index contributed by atoms with van der Waals surface area (Å²) in [6.45, 7) is 6.26. The van der Waals surface area contributed by atoms with E-state index in [1.165, 1.54) is 4.90 Å². The van der Waals surface area contributed by atoms with Crippen LogP contribution < -0.4 is 15.4 Å². The average molecular weight is 612 g/mol. The van der Waals surface area contributed by atoms with Crippen molar-refractivity contribution in [3.63, 3.8) is 0 Å². The fourth-order valence-electron chi connectivity index (χ4n) is 7.81. The Labute approximate surface area is 263 Å². The van der Waals surface area contributed by atoms with Crippen molar-refractivity contribution >= 4 is 23.4 Å². The molecule has 3 amide bonds. The molecule has 45 heavy (non-hydrogen) atoms. The number of aliphatic hydroxyl groups excluding tert-OH is 1. The zero-order valence-corrected chi connectivity index (χ0v) is 25.9. The number of fused-ring (bicyclic) bond motifs is 1. The quantitative estimate of drug-likeness (QED) is 0.302. The number of anilines is 1. The van der Waals surface area contributed by atoms with E-state index in [9.17, 15) is 19.5 Å². The molecule has 3 saturated heterocycles. The zero-order valence-electron chi connectivity index (χ0n) is 25.9. The number of aliphatic hydroxyl groups is 1. The van der Waals surface area contributed by atoms with Crippen LogP contribution in [0.15, 0.2) is 84.9 Å². The van der Waals surface area contributed by atoms with Gasteiger partial charge in [0, 0.05) is 12.2 Å². The first kappa shape index (κ1) is 30.8. The minimum Gasteiger partial charge on any atom is -0.494 e. The van der Waals surface area contributed by atoms with Crippen LogP contribution in [-0.4, -0.2) is 64.2 Å². The first-order valence-corrected chi connectivity index (χ1v) is 15.7. The number of benzene rings is 3. The van der Waals surface area contributed by atoms with Gasteiger partial charge < -0.3 is 30.1 Å². The summed E-state index contributed by atoms with van der Waals surface area (Å²) in [7, 11) is 0. The van der Waals surface area contributed by atoms with Gasteiger partial charge in [0.1, 0.15) is 17.4 Å². The van der Waals surface area contributed by atoms with E-state index in [1.54, 1.807) is 24.3 Å². The zero-order chi connectivity index (χ0) is 31.8. The Kier molecular flexibility index (Phi) is 8.41. The summed E-state index contributed by atoms with van der Waals surface area (Å²) in [4.78, 5) is 44.6. The van der Waals surface area contributed by atoms with Crippen molar-refractivity contribution in [3.8, 4) is 5.75 Å². The number of amides is 3. The van der Waals surface area contributed by atoms with Gasteiger partial charge in [0.2, 0.25) is 17.7 Å². The molecule has 0 radical (unpaired) electrons. The lowest BCUT2D eigenvalue weighted by atomic mass is 9.62. The van der Waals surface area contributed by atoms with Gasteiger partial charge in [0.05, 0.1) is 36.7 Å². The van der Waals surface area contributed by atoms with Crippen molar-refractivity contribution in [1.29, 1.82) is 0 Å². The van der Waals surface area contributed by atoms with Gasteiger partial charge >= 0.3 is 0 Å². The molecule has 3 heterocycles. The Morgan fingerprint density at radius 3 is 2.27 bits per heavy atom. The predicted molar refractivity (Wildman–Crippen MR) is 169 cm³/mol. The highest BCUT2D eigenvalue weighted by Gasteiger charge is 2.80. The van der Waals surface area contributed by atoms with E-state index >= 15 is 0 Å². The van der Waals surface area contributed by atoms with Crippen LogP contribution in [0.3, 0.4) is 0 Å². The number of hydrogen-bond donors (Lipinski definition) is 3. The number of nitrogens with one attached hydrogen (secondary N) is 2. The molecule has 236 valence electrons. The minimum atomic E-state index is -1.23. The maximum absolute atomic E-state index is 14.6. The Hall–Kier alpha value is -4.21. The summed E-state index contributed by atoms with van der Waals surface area (Å²) < 4.78 is 12.4. The number of carbonyl (C=O) groups excluding carboxylic acids is 3. The number of carbonyl (C=O) groups is 3. The fraction of sp³-hybridized carbons (Fsp3) is 0.417. The highest BCUT2D eigenvalue weighted by Crippen LogP contribution is 2.65. The monoisotopic (exact) mass is 611 g/mol. The van der Waals surface area contributed by atoms with E-state index in [-0.39, 0.29) is 36.8 Å². The Balaban J connectivity index is 1.36. The van der Waals surface area contributed by atoms with Crippen LogP contribution in [0.1, 0.15) is 38.3 Å². The smallest absolute Gasteiger partial charge is 0.246 e. The van der Waals surface area contributed by atoms with Gasteiger partial charge in [-0.15, -0.1) is 0 Å². The van der Waals surface area contributed by atoms with Crippen LogP contribution in [0.4, 0.5) is 5.69 Å². The molecule has 3 unspecified atom stereocenters. The van der Waals surface area contributed by atoms with Crippen molar-refractivity contribution < 1.29 is 29.0 Å². The SMILES string of the molecule is CCOc1ccc(NC(=O)[C@H]2[C@H]3C(=O)N([C@@H](CO)Cc4ccccc4)C(C(=O)NCc4ccccc4)C34CC(C)[C@]2(C)O4)cc1. The van der Waals surface area contributed by atoms with E-state index < -0.39 is 35.1 Å². The molecule has 3 fully saturated rings. The van der Waals surface area contributed by atoms with Crippen molar-refractivity contribution in [2.45, 2.75) is 63.4 Å². The number of ether oxygens (including phenoxy) is 2. The molecule has 2 bridgehead atoms. The summed E-state index contributed by atoms with van der Waals surface area (Å²) in [5, 5.41) is 16.7. The van der Waals surface area contributed by atoms with Crippen molar-refractivity contribution in [2.75, 3.05) is 18.5 Å². The molecule has 3 aliphatic rings. The van der Waals surface area contributed by atoms with Crippen LogP contribution in [0.2, 0.25) is 0 Å². The number of hydrogen-bond acceptors (Lipinski definition) is 6. The van der Waals surface area contributed by atoms with Crippen LogP contribution in [0.25, 0.3) is 0 Å². The Bertz CT molecular complexity index is 1530. The topological polar surface area (TPSA) is 117 Å². The third kappa shape index (κ3) is 5.38. The largest absolute Gasteiger partial charge is 0.494 e. The lowest BCUT2D eigenvalue weighted by Crippen LogP contribution is -2.58. The Morgan fingerprint density at radius 2 is 1.64 bits per heavy atom. The molecule has 3 N–H and O–H groups in total. The van der Waals surface area contributed by atoms with Gasteiger partial charge in [-0.1, -0.05) is 67.6 Å². The normalized spacial score (nSPS) is 28.9. The van der Waals surface area contributed by atoms with Crippen LogP contribution in [0.5, 0.6) is 5.75 Å². The molecule has 0 saturated carbocycles. The minimum absolute atomic E-state index is 0.108. The average Bonchev–Trinajstić information content (AvgIpc) is 3.57. The molecular weight excluding hydrogens is 570 g/mol. The van der Waals surface area contributed by atoms with E-state index in [0.29, 0.717) is 30.9 Å². The molecule has 3 aromatic rings. The summed E-state index contributed by atoms with van der Waals surface area (Å²) in [6, 6.07) is 24.5. The molecule has 6 rings (SSSR count). The van der Waals surface area contributed by atoms with Gasteiger partial charge in [0.25, 0.3) is 0 Å². The molecule has 0 aliphatic carbocycles. The van der Waals surface area contributed by atoms with Gasteiger partial charge in [-0.25, -0.2) is 0 Å². The summed E-state index contributed by atoms with van der Waals surface area (Å²) in [6.07, 6.45) is 0.792. The lowest BCUT2D eigenvalue weighted by molar-refractivity contribution is -0.149. The molecule has 3 aromatic carbocycles. The third-order valence-electron chi connectivity index (χ3n) is 9.94. The Morgan fingerprint density at radius 1 is 1.00 bits per heavy atom. The molecule has 0 aromatic heterocycles. The number of likely N-dealkylation sites (tertiary alicyclic amines) is 1. The van der Waals surface area contributed by atoms with Gasteiger partial charge in [0.15, 0.2) is 0 Å². The van der Waals surface area contributed by atoms with Crippen molar-refractivity contribution in [2.24, 2.45) is 17.8 Å². The summed E-state index contributed by atoms with van der Waals surface area (Å²) >= 11 is 0. The molecule has 9 nitrogen and oxygen atoms in total. The lowest BCUT2D eigenvalue weighted by Gasteiger charge is -2.37. The predicted octanol–water partition coefficient (Wildman–Crippen LogP) is 3.95. The third-order valence-corrected chi connectivity index (χ3v) is 9.94. The van der Waals surface area contributed by atoms with E-state index in [2.05, 4.69) is 10.6 Å². The molecular formula is C36H41N3O6. The molecule has 1 spiro atoms. The standard InChI is InChI=1S/C36H41N3O6/c1-4-44-28-17-15-26(16-18-28)38-32(41)29-30-34(43)39(27(22-40)19-24-11-7-5-8-12-24)31(36(30)20-23(2)35(29,3)45-36)33(42)37-21-25-13-9-6-10-14-25/h5-18,23,27,29-31,40H,4,19-22H2,1-3H3,(H,37,42)(H,38,41)/t23?,27-,29-,30+,31?,35+,36?/m1/s1. The second-order valence-electron chi connectivity index (χ2n) is 12.6. The number of nitrogens with zero attached hydrogens (tertiary/aromatic N) is 1. The van der Waals surface area contributed by atoms with Crippen LogP contribution in [-0.2, 0) is 32.1 Å². The second-order valence-corrected chi connectivity index (χ2v) is 12.6. The van der Waals surface area contributed by atoms with Gasteiger partial charge in [-0.2, -0.15) is 0 Å². The van der Waals surface area contributed by atoms with Gasteiger partial charge in [-0.3, -0.25) is 14.4 Å². The maximum atomic E-state index is 14.6. The van der Waals surface area contributed by atoms with Crippen LogP contribution >= 0.6 is 0 Å². The summed E-state index contributed by atoms with van der Waals surface area (Å²) in [5.41, 5.74) is 0.236. The highest BCUT2D eigenvalue weighted by atomic mass is 16.5. The maximum Gasteiger partial charge on any atom is 0.246 e. The highest BCUT2D eigenvalue weighted by molar-refractivity contribution is 6.02. The van der Waals surface area contributed by atoms with Gasteiger partial charge in [-0.05, 0) is 68.0 Å². The van der Waals surface area contributed by atoms with E-state index in [0.717, 1.165) is 11.1 Å². The fourth-order valence-corrected chi connectivity index (χ4v) is 7.81. The molecule has 3 aliphatic heterocycles. The van der Waals surface area contributed by atoms with Crippen LogP contribution in [0, 0.1) is 17.8 Å². The van der Waals surface area contributed by atoms with Crippen molar-refractivity contribution in [1.82, 2.24) is 10.2 Å². The molecule has 7 atom stereocenters. The van der Waals surface area contributed by atoms with E-state index in [1.807, 2.05) is 81.4 Å².